The number of hydrogen-bond donors (Lipinski definition) is 3. The highest BCUT2D eigenvalue weighted by atomic mass is 16.5. The second-order valence-corrected chi connectivity index (χ2v) is 7.11. The number of carbonyl (C=O) groups is 1. The molecule has 1 amide bonds. The lowest BCUT2D eigenvalue weighted by atomic mass is 9.95. The monoisotopic (exact) mass is 376 g/mol. The van der Waals surface area contributed by atoms with Crippen LogP contribution in [0.2, 0.25) is 0 Å². The van der Waals surface area contributed by atoms with E-state index in [1.54, 1.807) is 19.0 Å². The zero-order valence-electron chi connectivity index (χ0n) is 16.6. The number of guanidine groups is 1. The highest BCUT2D eigenvalue weighted by Crippen LogP contribution is 2.20. The van der Waals surface area contributed by atoms with Gasteiger partial charge in [-0.25, -0.2) is 0 Å². The van der Waals surface area contributed by atoms with Crippen molar-refractivity contribution in [2.75, 3.05) is 46.9 Å². The van der Waals surface area contributed by atoms with Gasteiger partial charge in [0.05, 0.1) is 12.1 Å². The van der Waals surface area contributed by atoms with E-state index in [2.05, 4.69) is 15.6 Å². The average Bonchev–Trinajstić information content (AvgIpc) is 2.66. The van der Waals surface area contributed by atoms with Crippen LogP contribution < -0.4 is 10.6 Å². The highest BCUT2D eigenvalue weighted by molar-refractivity contribution is 5.94. The van der Waals surface area contributed by atoms with Gasteiger partial charge in [0.15, 0.2) is 5.96 Å². The van der Waals surface area contributed by atoms with E-state index in [1.807, 2.05) is 31.2 Å². The molecule has 0 aromatic heterocycles. The van der Waals surface area contributed by atoms with Crippen LogP contribution in [-0.2, 0) is 11.2 Å². The van der Waals surface area contributed by atoms with Gasteiger partial charge < -0.3 is 25.4 Å². The normalized spacial score (nSPS) is 16.7. The quantitative estimate of drug-likeness (QED) is 0.489. The number of amides is 1. The van der Waals surface area contributed by atoms with Crippen molar-refractivity contribution >= 4 is 11.9 Å². The Bertz CT molecular complexity index is 640. The summed E-state index contributed by atoms with van der Waals surface area (Å²) in [6, 6.07) is 7.69. The van der Waals surface area contributed by atoms with Gasteiger partial charge in [-0.15, -0.1) is 0 Å². The first kappa shape index (κ1) is 21.2. The number of nitrogens with one attached hydrogen (secondary N) is 2. The molecule has 7 heteroatoms. The Hall–Kier alpha value is -2.12. The van der Waals surface area contributed by atoms with Crippen molar-refractivity contribution in [1.82, 2.24) is 15.5 Å². The summed E-state index contributed by atoms with van der Waals surface area (Å²) < 4.78 is 5.31. The number of aliphatic imine (C=N–C) groups is 1. The molecule has 1 aliphatic rings. The van der Waals surface area contributed by atoms with Gasteiger partial charge in [-0.3, -0.25) is 9.79 Å². The molecule has 1 fully saturated rings. The molecule has 7 nitrogen and oxygen atoms in total. The maximum Gasteiger partial charge on any atom is 0.253 e. The van der Waals surface area contributed by atoms with Crippen LogP contribution in [0.15, 0.2) is 29.3 Å². The van der Waals surface area contributed by atoms with E-state index in [0.717, 1.165) is 18.5 Å². The number of ether oxygens (including phenoxy) is 1. The largest absolute Gasteiger partial charge is 0.388 e. The number of rotatable bonds is 7. The summed E-state index contributed by atoms with van der Waals surface area (Å²) in [7, 11) is 3.50. The van der Waals surface area contributed by atoms with E-state index < -0.39 is 5.60 Å². The lowest BCUT2D eigenvalue weighted by molar-refractivity contribution is -0.0566. The Morgan fingerprint density at radius 1 is 1.30 bits per heavy atom. The van der Waals surface area contributed by atoms with E-state index in [4.69, 9.17) is 4.74 Å². The number of hydrogen-bond acceptors (Lipinski definition) is 4. The molecule has 1 saturated heterocycles. The van der Waals surface area contributed by atoms with Gasteiger partial charge in [-0.05, 0) is 31.0 Å². The highest BCUT2D eigenvalue weighted by Gasteiger charge is 2.29. The van der Waals surface area contributed by atoms with Crippen LogP contribution in [0.25, 0.3) is 0 Å². The van der Waals surface area contributed by atoms with Crippen LogP contribution in [0.1, 0.15) is 35.7 Å². The van der Waals surface area contributed by atoms with Crippen LogP contribution >= 0.6 is 0 Å². The van der Waals surface area contributed by atoms with Gasteiger partial charge in [-0.2, -0.15) is 0 Å². The van der Waals surface area contributed by atoms with Crippen molar-refractivity contribution < 1.29 is 14.6 Å². The van der Waals surface area contributed by atoms with E-state index in [9.17, 15) is 9.90 Å². The molecule has 27 heavy (non-hydrogen) atoms. The maximum atomic E-state index is 12.1. The SMILES string of the molecule is CCNC(=NCC1(O)CCOCC1)NCCc1cccc(C(=O)N(C)C)c1. The summed E-state index contributed by atoms with van der Waals surface area (Å²) in [6.45, 7) is 4.97. The third-order valence-electron chi connectivity index (χ3n) is 4.59. The molecule has 1 aliphatic heterocycles. The molecule has 0 aliphatic carbocycles. The Balaban J connectivity index is 1.89. The molecule has 0 spiro atoms. The molecular weight excluding hydrogens is 344 g/mol. The van der Waals surface area contributed by atoms with E-state index in [-0.39, 0.29) is 5.91 Å². The molecule has 2 rings (SSSR count). The van der Waals surface area contributed by atoms with Crippen LogP contribution in [0, 0.1) is 0 Å². The van der Waals surface area contributed by atoms with Crippen LogP contribution in [-0.4, -0.2) is 74.4 Å². The van der Waals surface area contributed by atoms with Gasteiger partial charge >= 0.3 is 0 Å². The topological polar surface area (TPSA) is 86.2 Å². The van der Waals surface area contributed by atoms with Crippen LogP contribution in [0.3, 0.4) is 0 Å². The van der Waals surface area contributed by atoms with Crippen LogP contribution in [0.5, 0.6) is 0 Å². The predicted octanol–water partition coefficient (Wildman–Crippen LogP) is 1.03. The minimum atomic E-state index is -0.776. The zero-order valence-corrected chi connectivity index (χ0v) is 16.6. The first-order chi connectivity index (χ1) is 12.9. The van der Waals surface area contributed by atoms with E-state index in [0.29, 0.717) is 50.7 Å². The number of aliphatic hydroxyl groups is 1. The molecule has 150 valence electrons. The summed E-state index contributed by atoms with van der Waals surface area (Å²) in [5.74, 6) is 0.697. The molecule has 0 atom stereocenters. The molecule has 0 bridgehead atoms. The van der Waals surface area contributed by atoms with Crippen molar-refractivity contribution in [2.45, 2.75) is 31.8 Å². The van der Waals surface area contributed by atoms with E-state index >= 15 is 0 Å². The molecule has 1 aromatic rings. The lowest BCUT2D eigenvalue weighted by Crippen LogP contribution is -2.43. The third kappa shape index (κ3) is 6.84. The first-order valence-electron chi connectivity index (χ1n) is 9.56. The van der Waals surface area contributed by atoms with Crippen molar-refractivity contribution in [1.29, 1.82) is 0 Å². The Morgan fingerprint density at radius 2 is 2.04 bits per heavy atom. The number of carbonyl (C=O) groups excluding carboxylic acids is 1. The van der Waals surface area contributed by atoms with Crippen LogP contribution in [0.4, 0.5) is 0 Å². The second-order valence-electron chi connectivity index (χ2n) is 7.11. The summed E-state index contributed by atoms with van der Waals surface area (Å²) in [5.41, 5.74) is 1.01. The second kappa shape index (κ2) is 10.3. The molecule has 3 N–H and O–H groups in total. The molecule has 1 aromatic carbocycles. The van der Waals surface area contributed by atoms with Gasteiger partial charge in [0.2, 0.25) is 0 Å². The smallest absolute Gasteiger partial charge is 0.253 e. The minimum Gasteiger partial charge on any atom is -0.388 e. The molecule has 1 heterocycles. The first-order valence-corrected chi connectivity index (χ1v) is 9.56. The van der Waals surface area contributed by atoms with Crippen molar-refractivity contribution in [2.24, 2.45) is 4.99 Å². The number of nitrogens with zero attached hydrogens (tertiary/aromatic N) is 2. The fourth-order valence-electron chi connectivity index (χ4n) is 2.92. The lowest BCUT2D eigenvalue weighted by Gasteiger charge is -2.30. The van der Waals surface area contributed by atoms with Crippen molar-refractivity contribution in [3.05, 3.63) is 35.4 Å². The summed E-state index contributed by atoms with van der Waals surface area (Å²) in [4.78, 5) is 18.2. The Kier molecular flexibility index (Phi) is 8.06. The third-order valence-corrected chi connectivity index (χ3v) is 4.59. The fourth-order valence-corrected chi connectivity index (χ4v) is 2.92. The predicted molar refractivity (Wildman–Crippen MR) is 107 cm³/mol. The van der Waals surface area contributed by atoms with Crippen molar-refractivity contribution in [3.63, 3.8) is 0 Å². The Morgan fingerprint density at radius 3 is 2.70 bits per heavy atom. The summed E-state index contributed by atoms with van der Waals surface area (Å²) in [6.07, 6.45) is 2.00. The zero-order chi connectivity index (χ0) is 19.7. The van der Waals surface area contributed by atoms with Crippen molar-refractivity contribution in [3.8, 4) is 0 Å². The summed E-state index contributed by atoms with van der Waals surface area (Å²) in [5, 5.41) is 17.0. The molecular formula is C20H32N4O3. The number of benzene rings is 1. The molecule has 0 radical (unpaired) electrons. The minimum absolute atomic E-state index is 0.00409. The van der Waals surface area contributed by atoms with Gasteiger partial charge in [0, 0.05) is 58.8 Å². The van der Waals surface area contributed by atoms with Gasteiger partial charge in [0.1, 0.15) is 0 Å². The standard InChI is InChI=1S/C20H32N4O3/c1-4-21-19(23-15-20(26)9-12-27-13-10-20)22-11-8-16-6-5-7-17(14-16)18(25)24(2)3/h5-7,14,26H,4,8-13,15H2,1-3H3,(H2,21,22,23). The molecule has 0 unspecified atom stereocenters. The molecule has 0 saturated carbocycles. The summed E-state index contributed by atoms with van der Waals surface area (Å²) >= 11 is 0. The van der Waals surface area contributed by atoms with Gasteiger partial charge in [-0.1, -0.05) is 12.1 Å². The Labute approximate surface area is 161 Å². The van der Waals surface area contributed by atoms with E-state index in [1.165, 1.54) is 0 Å². The average molecular weight is 377 g/mol. The fraction of sp³-hybridized carbons (Fsp3) is 0.600. The van der Waals surface area contributed by atoms with Gasteiger partial charge in [0.25, 0.3) is 5.91 Å². The maximum absolute atomic E-state index is 12.1.